The van der Waals surface area contributed by atoms with Crippen molar-refractivity contribution in [3.63, 3.8) is 0 Å². The molecule has 1 aromatic heterocycles. The number of fused-ring (bicyclic) bond motifs is 1. The molecule has 0 saturated heterocycles. The number of aromatic nitrogens is 1. The van der Waals surface area contributed by atoms with E-state index < -0.39 is 0 Å². The highest BCUT2D eigenvalue weighted by Gasteiger charge is 2.01. The van der Waals surface area contributed by atoms with Gasteiger partial charge in [-0.2, -0.15) is 0 Å². The summed E-state index contributed by atoms with van der Waals surface area (Å²) in [4.78, 5) is 14.8. The molecule has 0 fully saturated rings. The number of methoxy groups -OCH3 is 1. The molecule has 25 heavy (non-hydrogen) atoms. The number of thioether (sulfide) groups is 1. The molecule has 0 N–H and O–H groups in total. The summed E-state index contributed by atoms with van der Waals surface area (Å²) in [5.41, 5.74) is 2.73. The fourth-order valence-corrected chi connectivity index (χ4v) is 3.63. The maximum absolute atomic E-state index is 10.2. The minimum absolute atomic E-state index is 0.347. The smallest absolute Gasteiger partial charge is 0.332 e. The number of nitrogens with zero attached hydrogens (tertiary/aromatic N) is 1. The highest BCUT2D eigenvalue weighted by atomic mass is 32.2. The number of hydrogen-bond donors (Lipinski definition) is 0. The number of hydrogen-bond acceptors (Lipinski definition) is 5. The fourth-order valence-electron chi connectivity index (χ4n) is 1.81. The molecular formula is C20H19NO2S2. The van der Waals surface area contributed by atoms with Gasteiger partial charge >= 0.3 is 5.97 Å². The van der Waals surface area contributed by atoms with Crippen LogP contribution >= 0.6 is 23.1 Å². The molecule has 2 aromatic carbocycles. The topological polar surface area (TPSA) is 39.2 Å². The monoisotopic (exact) mass is 369 g/mol. The third kappa shape index (κ3) is 6.21. The van der Waals surface area contributed by atoms with Crippen molar-refractivity contribution in [1.29, 1.82) is 0 Å². The Balaban J connectivity index is 0.000000277. The van der Waals surface area contributed by atoms with Gasteiger partial charge in [0, 0.05) is 5.57 Å². The lowest BCUT2D eigenvalue weighted by molar-refractivity contribution is -0.136. The Kier molecular flexibility index (Phi) is 7.44. The van der Waals surface area contributed by atoms with E-state index in [0.717, 1.165) is 9.86 Å². The van der Waals surface area contributed by atoms with E-state index in [1.165, 1.54) is 17.4 Å². The molecule has 3 rings (SSSR count). The van der Waals surface area contributed by atoms with E-state index in [1.54, 1.807) is 30.0 Å². The number of ether oxygens (including phenoxy) is 1. The first-order valence-corrected chi connectivity index (χ1v) is 9.27. The molecule has 0 atom stereocenters. The highest BCUT2D eigenvalue weighted by Crippen LogP contribution is 2.30. The van der Waals surface area contributed by atoms with E-state index >= 15 is 0 Å². The maximum atomic E-state index is 10.2. The Bertz CT molecular complexity index is 837. The number of carbonyl (C=O) groups excluding carboxylic acids is 1. The van der Waals surface area contributed by atoms with E-state index in [-0.39, 0.29) is 5.97 Å². The standard InChI is InChI=1S/C15H11NS2.C5H8O2/c1-2-6-12(7-3-1)10-11-17-15-16-13-8-4-5-9-14(13)18-15;1-4(2)5(6)7-3/h1-11H;1H2,2-3H3. The Morgan fingerprint density at radius 1 is 1.16 bits per heavy atom. The molecule has 0 unspecified atom stereocenters. The molecule has 0 aliphatic heterocycles. The number of esters is 1. The first kappa shape index (κ1) is 19.0. The van der Waals surface area contributed by atoms with Crippen LogP contribution in [0.1, 0.15) is 12.5 Å². The van der Waals surface area contributed by atoms with Crippen LogP contribution in [0.4, 0.5) is 0 Å². The van der Waals surface area contributed by atoms with Crippen LogP contribution in [0.15, 0.2) is 76.5 Å². The summed E-state index contributed by atoms with van der Waals surface area (Å²) in [5.74, 6) is -0.347. The van der Waals surface area contributed by atoms with Crippen LogP contribution in [0, 0.1) is 0 Å². The fraction of sp³-hybridized carbons (Fsp3) is 0.100. The van der Waals surface area contributed by atoms with Crippen LogP contribution in [0.2, 0.25) is 0 Å². The van der Waals surface area contributed by atoms with Gasteiger partial charge in [0.25, 0.3) is 0 Å². The molecule has 0 aliphatic rings. The van der Waals surface area contributed by atoms with E-state index in [0.29, 0.717) is 5.57 Å². The number of carbonyl (C=O) groups is 1. The first-order chi connectivity index (χ1) is 12.1. The predicted molar refractivity (Wildman–Crippen MR) is 108 cm³/mol. The summed E-state index contributed by atoms with van der Waals surface area (Å²) in [6.45, 7) is 4.95. The zero-order valence-electron chi connectivity index (χ0n) is 14.1. The highest BCUT2D eigenvalue weighted by molar-refractivity contribution is 8.04. The number of benzene rings is 2. The molecule has 0 saturated carbocycles. The minimum atomic E-state index is -0.347. The Morgan fingerprint density at radius 2 is 1.84 bits per heavy atom. The molecular weight excluding hydrogens is 350 g/mol. The lowest BCUT2D eigenvalue weighted by Crippen LogP contribution is -1.98. The largest absolute Gasteiger partial charge is 0.466 e. The zero-order chi connectivity index (χ0) is 18.1. The third-order valence-electron chi connectivity index (χ3n) is 3.04. The van der Waals surface area contributed by atoms with Gasteiger partial charge in [0.2, 0.25) is 0 Å². The molecule has 0 bridgehead atoms. The summed E-state index contributed by atoms with van der Waals surface area (Å²) in [7, 11) is 1.33. The van der Waals surface area contributed by atoms with Gasteiger partial charge in [0.1, 0.15) is 0 Å². The normalized spacial score (nSPS) is 10.3. The Labute approximate surface area is 156 Å². The zero-order valence-corrected chi connectivity index (χ0v) is 15.8. The minimum Gasteiger partial charge on any atom is -0.466 e. The second-order valence-corrected chi connectivity index (χ2v) is 7.23. The van der Waals surface area contributed by atoms with Crippen molar-refractivity contribution in [3.05, 3.63) is 77.7 Å². The van der Waals surface area contributed by atoms with Gasteiger partial charge in [-0.05, 0) is 36.1 Å². The van der Waals surface area contributed by atoms with Gasteiger partial charge in [-0.25, -0.2) is 9.78 Å². The van der Waals surface area contributed by atoms with Crippen LogP contribution in [0.25, 0.3) is 16.3 Å². The molecule has 3 aromatic rings. The summed E-state index contributed by atoms with van der Waals surface area (Å²) in [5, 5.41) is 2.09. The van der Waals surface area contributed by atoms with Gasteiger partial charge in [-0.3, -0.25) is 0 Å². The van der Waals surface area contributed by atoms with Crippen molar-refractivity contribution in [2.24, 2.45) is 0 Å². The van der Waals surface area contributed by atoms with Gasteiger partial charge < -0.3 is 4.74 Å². The number of rotatable bonds is 4. The quantitative estimate of drug-likeness (QED) is 0.331. The summed E-state index contributed by atoms with van der Waals surface area (Å²) < 4.78 is 6.60. The lowest BCUT2D eigenvalue weighted by atomic mass is 10.2. The van der Waals surface area contributed by atoms with Crippen LogP contribution < -0.4 is 0 Å². The Hall–Kier alpha value is -2.37. The van der Waals surface area contributed by atoms with Crippen LogP contribution in [-0.2, 0) is 9.53 Å². The van der Waals surface area contributed by atoms with Crippen LogP contribution in [0.5, 0.6) is 0 Å². The van der Waals surface area contributed by atoms with Crippen LogP contribution in [-0.4, -0.2) is 18.1 Å². The lowest BCUT2D eigenvalue weighted by Gasteiger charge is -1.91. The SMILES string of the molecule is C(=Cc1ccccc1)Sc1nc2ccccc2s1.C=C(C)C(=O)OC. The molecule has 3 nitrogen and oxygen atoms in total. The molecule has 0 amide bonds. The average molecular weight is 370 g/mol. The number of thiazole rings is 1. The van der Waals surface area contributed by atoms with Gasteiger partial charge in [-0.15, -0.1) is 11.3 Å². The second kappa shape index (κ2) is 9.81. The van der Waals surface area contributed by atoms with Crippen molar-refractivity contribution in [2.45, 2.75) is 11.3 Å². The summed E-state index contributed by atoms with van der Waals surface area (Å²) in [6.07, 6.45) is 2.11. The Morgan fingerprint density at radius 3 is 2.44 bits per heavy atom. The molecule has 0 aliphatic carbocycles. The van der Waals surface area contributed by atoms with E-state index in [9.17, 15) is 4.79 Å². The van der Waals surface area contributed by atoms with Crippen molar-refractivity contribution < 1.29 is 9.53 Å². The summed E-state index contributed by atoms with van der Waals surface area (Å²) >= 11 is 3.40. The van der Waals surface area contributed by atoms with Crippen molar-refractivity contribution in [2.75, 3.05) is 7.11 Å². The second-order valence-electron chi connectivity index (χ2n) is 5.05. The van der Waals surface area contributed by atoms with E-state index in [1.807, 2.05) is 24.3 Å². The molecule has 1 heterocycles. The molecule has 0 spiro atoms. The predicted octanol–water partition coefficient (Wildman–Crippen LogP) is 5.79. The van der Waals surface area contributed by atoms with Crippen molar-refractivity contribution >= 4 is 45.4 Å². The van der Waals surface area contributed by atoms with Gasteiger partial charge in [0.05, 0.1) is 17.3 Å². The van der Waals surface area contributed by atoms with E-state index in [2.05, 4.69) is 58.1 Å². The summed E-state index contributed by atoms with van der Waals surface area (Å²) in [6, 6.07) is 18.5. The van der Waals surface area contributed by atoms with Crippen molar-refractivity contribution in [1.82, 2.24) is 4.98 Å². The average Bonchev–Trinajstić information content (AvgIpc) is 3.05. The van der Waals surface area contributed by atoms with Gasteiger partial charge in [-0.1, -0.05) is 60.8 Å². The molecule has 5 heteroatoms. The third-order valence-corrected chi connectivity index (χ3v) is 4.97. The first-order valence-electron chi connectivity index (χ1n) is 7.58. The molecule has 128 valence electrons. The maximum Gasteiger partial charge on any atom is 0.332 e. The van der Waals surface area contributed by atoms with Crippen LogP contribution in [0.3, 0.4) is 0 Å². The number of para-hydroxylation sites is 1. The molecule has 0 radical (unpaired) electrons. The van der Waals surface area contributed by atoms with Gasteiger partial charge in [0.15, 0.2) is 4.34 Å². The van der Waals surface area contributed by atoms with Crippen molar-refractivity contribution in [3.8, 4) is 0 Å². The van der Waals surface area contributed by atoms with E-state index in [4.69, 9.17) is 0 Å².